The van der Waals surface area contributed by atoms with Crippen LogP contribution in [0.1, 0.15) is 34.1 Å². The quantitative estimate of drug-likeness (QED) is 0.125. The van der Waals surface area contributed by atoms with Crippen molar-refractivity contribution in [2.45, 2.75) is 34.7 Å². The van der Waals surface area contributed by atoms with Crippen LogP contribution in [0, 0.1) is 35.1 Å². The molecule has 2 saturated heterocycles. The number of ketones is 1. The van der Waals surface area contributed by atoms with Gasteiger partial charge in [-0.25, -0.2) is 34.4 Å². The Morgan fingerprint density at radius 2 is 0.907 bits per heavy atom. The molecule has 2 aliphatic heterocycles. The molecule has 0 amide bonds. The number of Topliss-reactive ketones (excluding diaryl/α,β-unsaturated/α-hetero) is 1. The second kappa shape index (κ2) is 16.4. The predicted octanol–water partition coefficient (Wildman–Crippen LogP) is 4.41. The third-order valence-corrected chi connectivity index (χ3v) is 14.1. The van der Waals surface area contributed by atoms with Crippen molar-refractivity contribution < 1.29 is 39.2 Å². The first-order valence-corrected chi connectivity index (χ1v) is 20.9. The number of carbonyl (C=O) groups is 1. The number of sulfone groups is 2. The molecule has 0 radical (unpaired) electrons. The molecule has 4 N–H and O–H groups in total. The molecule has 2 heterocycles. The molecule has 6 rings (SSSR count). The maximum Gasteiger partial charge on any atom is 0.178 e. The van der Waals surface area contributed by atoms with Gasteiger partial charge in [-0.15, -0.1) is 0 Å². The molecule has 2 unspecified atom stereocenters. The molecule has 9 nitrogen and oxygen atoms in total. The van der Waals surface area contributed by atoms with Crippen LogP contribution in [0.5, 0.6) is 0 Å². The van der Waals surface area contributed by atoms with Gasteiger partial charge >= 0.3 is 0 Å². The fourth-order valence-electron chi connectivity index (χ4n) is 7.58. The van der Waals surface area contributed by atoms with Crippen LogP contribution in [-0.2, 0) is 37.6 Å². The SMILES string of the molecule is NCc1cc(F)ccc1C(CN1CC(CS(=O)(=O)c2ccc(F)cc2)C1)C(=O)C(CN1CC(CS(=O)(=O)c2ccc(F)cc2)C1)c1ccc(F)cc1CN. The van der Waals surface area contributed by atoms with Gasteiger partial charge in [-0.2, -0.15) is 0 Å². The summed E-state index contributed by atoms with van der Waals surface area (Å²) in [5.74, 6) is -4.93. The van der Waals surface area contributed by atoms with Crippen molar-refractivity contribution in [3.05, 3.63) is 130 Å². The molecule has 0 aromatic heterocycles. The van der Waals surface area contributed by atoms with Crippen LogP contribution in [0.3, 0.4) is 0 Å². The molecular formula is C39H42F4N4O5S2. The van der Waals surface area contributed by atoms with E-state index in [0.717, 1.165) is 24.3 Å². The molecule has 4 aromatic carbocycles. The van der Waals surface area contributed by atoms with E-state index in [1.54, 1.807) is 0 Å². The van der Waals surface area contributed by atoms with Crippen molar-refractivity contribution in [3.63, 3.8) is 0 Å². The molecule has 2 fully saturated rings. The number of likely N-dealkylation sites (tertiary alicyclic amines) is 2. The fraction of sp³-hybridized carbons (Fsp3) is 0.359. The number of benzene rings is 4. The number of halogens is 4. The Kier molecular flexibility index (Phi) is 12.1. The number of hydrogen-bond acceptors (Lipinski definition) is 9. The van der Waals surface area contributed by atoms with Gasteiger partial charge in [-0.1, -0.05) is 12.1 Å². The molecule has 0 aliphatic carbocycles. The minimum absolute atomic E-state index is 0.0217. The Bertz CT molecular complexity index is 2040. The molecule has 2 atom stereocenters. The maximum atomic E-state index is 15.0. The summed E-state index contributed by atoms with van der Waals surface area (Å²) < 4.78 is 108. The van der Waals surface area contributed by atoms with Crippen molar-refractivity contribution in [3.8, 4) is 0 Å². The van der Waals surface area contributed by atoms with E-state index >= 15 is 0 Å². The Morgan fingerprint density at radius 1 is 0.574 bits per heavy atom. The average molecular weight is 787 g/mol. The summed E-state index contributed by atoms with van der Waals surface area (Å²) >= 11 is 0. The van der Waals surface area contributed by atoms with Crippen LogP contribution < -0.4 is 11.5 Å². The van der Waals surface area contributed by atoms with Crippen LogP contribution in [0.25, 0.3) is 0 Å². The lowest BCUT2D eigenvalue weighted by molar-refractivity contribution is -0.123. The smallest absolute Gasteiger partial charge is 0.178 e. The maximum absolute atomic E-state index is 15.0. The summed E-state index contributed by atoms with van der Waals surface area (Å²) in [4.78, 5) is 18.9. The second-order valence-electron chi connectivity index (χ2n) is 14.2. The van der Waals surface area contributed by atoms with Crippen LogP contribution >= 0.6 is 0 Å². The first kappa shape index (κ1) is 39.7. The number of nitrogens with zero attached hydrogens (tertiary/aromatic N) is 2. The van der Waals surface area contributed by atoms with E-state index < -0.39 is 54.8 Å². The molecule has 4 aromatic rings. The summed E-state index contributed by atoms with van der Waals surface area (Å²) in [6.45, 7) is 1.65. The molecule has 0 bridgehead atoms. The van der Waals surface area contributed by atoms with Gasteiger partial charge < -0.3 is 21.3 Å². The third kappa shape index (κ3) is 9.09. The highest BCUT2D eigenvalue weighted by Crippen LogP contribution is 2.36. The Morgan fingerprint density at radius 3 is 1.24 bits per heavy atom. The van der Waals surface area contributed by atoms with Crippen LogP contribution in [0.2, 0.25) is 0 Å². The lowest BCUT2D eigenvalue weighted by Crippen LogP contribution is -2.53. The first-order chi connectivity index (χ1) is 25.6. The van der Waals surface area contributed by atoms with Crippen molar-refractivity contribution in [1.29, 1.82) is 0 Å². The van der Waals surface area contributed by atoms with Crippen molar-refractivity contribution in [2.24, 2.45) is 23.3 Å². The number of hydrogen-bond donors (Lipinski definition) is 2. The zero-order chi connectivity index (χ0) is 38.8. The predicted molar refractivity (Wildman–Crippen MR) is 196 cm³/mol. The Balaban J connectivity index is 1.23. The summed E-state index contributed by atoms with van der Waals surface area (Å²) in [5, 5.41) is 0. The van der Waals surface area contributed by atoms with E-state index in [1.165, 1.54) is 60.7 Å². The van der Waals surface area contributed by atoms with Gasteiger partial charge in [-0.05, 0) is 107 Å². The number of carbonyl (C=O) groups excluding carboxylic acids is 1. The van der Waals surface area contributed by atoms with Crippen LogP contribution in [-0.4, -0.2) is 83.2 Å². The monoisotopic (exact) mass is 786 g/mol. The minimum Gasteiger partial charge on any atom is -0.326 e. The Labute approximate surface area is 312 Å². The van der Waals surface area contributed by atoms with E-state index in [4.69, 9.17) is 11.5 Å². The standard InChI is InChI=1S/C39H42F4N4O5S2/c40-29-1-7-33(8-2-29)53(49,50)23-25-17-46(18-25)21-37(35-11-5-31(42)13-27(35)15-44)39(48)38(36-12-6-32(43)14-28(36)16-45)22-47-19-26(20-47)24-54(51,52)34-9-3-30(41)4-10-34/h1-14,25-26,37-38H,15-24,44-45H2. The molecule has 0 spiro atoms. The van der Waals surface area contributed by atoms with Gasteiger partial charge in [0, 0.05) is 52.4 Å². The summed E-state index contributed by atoms with van der Waals surface area (Å²) in [5.41, 5.74) is 14.0. The van der Waals surface area contributed by atoms with Gasteiger partial charge in [0.1, 0.15) is 29.1 Å². The average Bonchev–Trinajstić information content (AvgIpc) is 3.10. The topological polar surface area (TPSA) is 144 Å². The third-order valence-electron chi connectivity index (χ3n) is 10.3. The number of nitrogens with two attached hydrogens (primary N) is 2. The van der Waals surface area contributed by atoms with E-state index in [1.807, 2.05) is 9.80 Å². The van der Waals surface area contributed by atoms with E-state index in [2.05, 4.69) is 0 Å². The highest BCUT2D eigenvalue weighted by atomic mass is 32.2. The summed E-state index contributed by atoms with van der Waals surface area (Å²) in [6, 6.07) is 17.4. The molecule has 288 valence electrons. The molecule has 0 saturated carbocycles. The van der Waals surface area contributed by atoms with E-state index in [-0.39, 0.29) is 65.1 Å². The van der Waals surface area contributed by atoms with Gasteiger partial charge in [-0.3, -0.25) is 4.79 Å². The van der Waals surface area contributed by atoms with Gasteiger partial charge in [0.25, 0.3) is 0 Å². The van der Waals surface area contributed by atoms with Crippen molar-refractivity contribution in [2.75, 3.05) is 50.8 Å². The lowest BCUT2D eigenvalue weighted by Gasteiger charge is -2.43. The highest BCUT2D eigenvalue weighted by molar-refractivity contribution is 7.91. The summed E-state index contributed by atoms with van der Waals surface area (Å²) in [6.07, 6.45) is 0. The van der Waals surface area contributed by atoms with E-state index in [0.29, 0.717) is 48.4 Å². The van der Waals surface area contributed by atoms with Gasteiger partial charge in [0.15, 0.2) is 19.7 Å². The Hall–Kier alpha value is -3.99. The summed E-state index contributed by atoms with van der Waals surface area (Å²) in [7, 11) is -7.39. The van der Waals surface area contributed by atoms with Gasteiger partial charge in [0.05, 0.1) is 33.1 Å². The fourth-order valence-corrected chi connectivity index (χ4v) is 10.7. The molecule has 54 heavy (non-hydrogen) atoms. The zero-order valence-corrected chi connectivity index (χ0v) is 31.0. The second-order valence-corrected chi connectivity index (χ2v) is 18.3. The molecular weight excluding hydrogens is 745 g/mol. The highest BCUT2D eigenvalue weighted by Gasteiger charge is 2.40. The number of rotatable bonds is 16. The van der Waals surface area contributed by atoms with Crippen LogP contribution in [0.15, 0.2) is 94.7 Å². The normalized spacial score (nSPS) is 17.1. The van der Waals surface area contributed by atoms with E-state index in [9.17, 15) is 39.2 Å². The molecule has 2 aliphatic rings. The largest absolute Gasteiger partial charge is 0.326 e. The molecule has 15 heteroatoms. The first-order valence-electron chi connectivity index (χ1n) is 17.6. The van der Waals surface area contributed by atoms with Crippen molar-refractivity contribution >= 4 is 25.5 Å². The lowest BCUT2D eigenvalue weighted by atomic mass is 9.79. The van der Waals surface area contributed by atoms with Crippen molar-refractivity contribution in [1.82, 2.24) is 9.80 Å². The zero-order valence-electron chi connectivity index (χ0n) is 29.4. The van der Waals surface area contributed by atoms with Gasteiger partial charge in [0.2, 0.25) is 0 Å². The van der Waals surface area contributed by atoms with Crippen LogP contribution in [0.4, 0.5) is 17.6 Å². The minimum atomic E-state index is -3.70.